The lowest BCUT2D eigenvalue weighted by molar-refractivity contribution is -0.135. The number of nitrogen functional groups attached to an aromatic ring is 1. The number of carbonyl (C=O) groups is 2. The zero-order valence-electron chi connectivity index (χ0n) is 27.2. The molecule has 49 heavy (non-hydrogen) atoms. The molecule has 1 saturated heterocycles. The van der Waals surface area contributed by atoms with Crippen LogP contribution in [0, 0.1) is 23.1 Å². The molecule has 12 heteroatoms. The minimum absolute atomic E-state index is 0.00825. The van der Waals surface area contributed by atoms with Gasteiger partial charge in [0.05, 0.1) is 5.56 Å². The standard InChI is InChI=1S/C37H35FN8O3/c1-21(2)37(49)44-15-13-23(14-16-44)30-17-28(33-35(40)41-20-42-46(30)33)22-5-9-26(10-6-22)43-36(48)29-19-45(27-11-12-27)31(18-39)32(34(29)47)24-3-7-25(38)8-4-24/h3-10,17,19-21,23,27H,11-16H2,1-2H3,(H,43,48)(H2,40,41,42). The number of likely N-dealkylation sites (tertiary alicyclic amines) is 1. The highest BCUT2D eigenvalue weighted by molar-refractivity contribution is 6.05. The lowest BCUT2D eigenvalue weighted by atomic mass is 9.92. The van der Waals surface area contributed by atoms with Crippen molar-refractivity contribution < 1.29 is 14.0 Å². The number of anilines is 2. The average molecular weight is 659 g/mol. The molecule has 0 unspecified atom stereocenters. The monoisotopic (exact) mass is 658 g/mol. The number of rotatable bonds is 7. The Labute approximate surface area is 281 Å². The van der Waals surface area contributed by atoms with Crippen LogP contribution >= 0.6 is 0 Å². The fourth-order valence-electron chi connectivity index (χ4n) is 6.73. The Bertz CT molecular complexity index is 2190. The van der Waals surface area contributed by atoms with Gasteiger partial charge in [0, 0.05) is 54.1 Å². The summed E-state index contributed by atoms with van der Waals surface area (Å²) in [6, 6.07) is 16.7. The Morgan fingerprint density at radius 3 is 2.33 bits per heavy atom. The van der Waals surface area contributed by atoms with Gasteiger partial charge in [-0.1, -0.05) is 38.1 Å². The molecule has 3 aromatic heterocycles. The van der Waals surface area contributed by atoms with Crippen molar-refractivity contribution in [3.63, 3.8) is 0 Å². The van der Waals surface area contributed by atoms with Crippen molar-refractivity contribution in [3.05, 3.63) is 100 Å². The molecule has 0 radical (unpaired) electrons. The molecule has 5 aromatic rings. The minimum Gasteiger partial charge on any atom is -0.382 e. The van der Waals surface area contributed by atoms with Gasteiger partial charge in [0.2, 0.25) is 11.3 Å². The largest absolute Gasteiger partial charge is 0.382 e. The Balaban J connectivity index is 1.17. The summed E-state index contributed by atoms with van der Waals surface area (Å²) in [4.78, 5) is 46.0. The summed E-state index contributed by atoms with van der Waals surface area (Å²) in [5.41, 5.74) is 10.1. The van der Waals surface area contributed by atoms with E-state index in [4.69, 9.17) is 5.73 Å². The number of hydrogen-bond donors (Lipinski definition) is 2. The molecule has 0 bridgehead atoms. The van der Waals surface area contributed by atoms with Crippen LogP contribution in [0.3, 0.4) is 0 Å². The third-order valence-electron chi connectivity index (χ3n) is 9.44. The second kappa shape index (κ2) is 12.6. The van der Waals surface area contributed by atoms with Gasteiger partial charge in [-0.25, -0.2) is 13.9 Å². The highest BCUT2D eigenvalue weighted by atomic mass is 19.1. The quantitative estimate of drug-likeness (QED) is 0.225. The van der Waals surface area contributed by atoms with Crippen LogP contribution in [0.2, 0.25) is 0 Å². The third kappa shape index (κ3) is 5.92. The van der Waals surface area contributed by atoms with Gasteiger partial charge in [-0.15, -0.1) is 0 Å². The number of aromatic nitrogens is 4. The highest BCUT2D eigenvalue weighted by Gasteiger charge is 2.31. The number of carbonyl (C=O) groups excluding carboxylic acids is 2. The lowest BCUT2D eigenvalue weighted by Crippen LogP contribution is -2.40. The fraction of sp³-hybridized carbons (Fsp3) is 0.297. The maximum Gasteiger partial charge on any atom is 0.261 e. The number of nitrogens with two attached hydrogens (primary N) is 1. The molecule has 1 saturated carbocycles. The summed E-state index contributed by atoms with van der Waals surface area (Å²) in [5, 5.41) is 17.4. The topological polar surface area (TPSA) is 151 Å². The first-order valence-corrected chi connectivity index (χ1v) is 16.4. The maximum absolute atomic E-state index is 13.7. The van der Waals surface area contributed by atoms with Gasteiger partial charge in [-0.3, -0.25) is 14.4 Å². The first-order valence-electron chi connectivity index (χ1n) is 16.4. The van der Waals surface area contributed by atoms with Crippen LogP contribution in [0.1, 0.15) is 73.2 Å². The predicted octanol–water partition coefficient (Wildman–Crippen LogP) is 5.77. The Morgan fingerprint density at radius 2 is 1.69 bits per heavy atom. The Kier molecular flexibility index (Phi) is 8.20. The van der Waals surface area contributed by atoms with Crippen LogP contribution in [0.4, 0.5) is 15.9 Å². The van der Waals surface area contributed by atoms with Crippen LogP contribution in [0.5, 0.6) is 0 Å². The van der Waals surface area contributed by atoms with Gasteiger partial charge < -0.3 is 20.5 Å². The van der Waals surface area contributed by atoms with E-state index >= 15 is 0 Å². The molecular formula is C37H35FN8O3. The maximum atomic E-state index is 13.7. The van der Waals surface area contributed by atoms with E-state index in [1.807, 2.05) is 35.4 Å². The van der Waals surface area contributed by atoms with Crippen LogP contribution in [0.15, 0.2) is 71.9 Å². The molecule has 1 aliphatic heterocycles. The number of benzene rings is 2. The van der Waals surface area contributed by atoms with Crippen molar-refractivity contribution in [1.82, 2.24) is 24.1 Å². The van der Waals surface area contributed by atoms with Crippen molar-refractivity contribution in [2.45, 2.75) is 51.5 Å². The van der Waals surface area contributed by atoms with E-state index in [2.05, 4.69) is 27.5 Å². The van der Waals surface area contributed by atoms with E-state index in [0.717, 1.165) is 42.5 Å². The molecule has 2 fully saturated rings. The van der Waals surface area contributed by atoms with Gasteiger partial charge in [-0.2, -0.15) is 10.4 Å². The summed E-state index contributed by atoms with van der Waals surface area (Å²) >= 11 is 0. The number of fused-ring (bicyclic) bond motifs is 1. The van der Waals surface area contributed by atoms with E-state index in [1.165, 1.54) is 36.8 Å². The van der Waals surface area contributed by atoms with Gasteiger partial charge in [0.15, 0.2) is 5.82 Å². The van der Waals surface area contributed by atoms with Crippen molar-refractivity contribution in [2.24, 2.45) is 5.92 Å². The van der Waals surface area contributed by atoms with Crippen molar-refractivity contribution in [2.75, 3.05) is 24.1 Å². The predicted molar refractivity (Wildman–Crippen MR) is 183 cm³/mol. The van der Waals surface area contributed by atoms with Crippen molar-refractivity contribution >= 4 is 28.8 Å². The molecule has 2 amide bonds. The Morgan fingerprint density at radius 1 is 1.02 bits per heavy atom. The number of hydrogen-bond acceptors (Lipinski definition) is 7. The summed E-state index contributed by atoms with van der Waals surface area (Å²) in [6.07, 6.45) is 6.15. The van der Waals surface area contributed by atoms with Gasteiger partial charge in [-0.05, 0) is 67.1 Å². The first kappa shape index (κ1) is 31.8. The SMILES string of the molecule is CC(C)C(=O)N1CCC(c2cc(-c3ccc(NC(=O)c4cn(C5CC5)c(C#N)c(-c5ccc(F)cc5)c4=O)cc3)c3c(N)ncnn23)CC1. The average Bonchev–Trinajstić information content (AvgIpc) is 3.88. The molecule has 0 spiro atoms. The number of pyridine rings is 1. The smallest absolute Gasteiger partial charge is 0.261 e. The van der Waals surface area contributed by atoms with Crippen molar-refractivity contribution in [3.8, 4) is 28.3 Å². The second-order valence-corrected chi connectivity index (χ2v) is 13.0. The molecule has 0 atom stereocenters. The molecule has 4 heterocycles. The summed E-state index contributed by atoms with van der Waals surface area (Å²) in [6.45, 7) is 5.19. The lowest BCUT2D eigenvalue weighted by Gasteiger charge is -2.33. The first-order chi connectivity index (χ1) is 23.6. The highest BCUT2D eigenvalue weighted by Crippen LogP contribution is 2.39. The summed E-state index contributed by atoms with van der Waals surface area (Å²) in [7, 11) is 0. The van der Waals surface area contributed by atoms with E-state index in [0.29, 0.717) is 35.7 Å². The number of halogens is 1. The summed E-state index contributed by atoms with van der Waals surface area (Å²) < 4.78 is 17.2. The van der Waals surface area contributed by atoms with E-state index in [-0.39, 0.29) is 40.6 Å². The zero-order valence-corrected chi connectivity index (χ0v) is 27.2. The number of nitriles is 1. The zero-order chi connectivity index (χ0) is 34.4. The molecule has 7 rings (SSSR count). The molecule has 11 nitrogen and oxygen atoms in total. The van der Waals surface area contributed by atoms with Gasteiger partial charge in [0.1, 0.15) is 35.0 Å². The van der Waals surface area contributed by atoms with Crippen LogP contribution in [-0.4, -0.2) is 49.0 Å². The van der Waals surface area contributed by atoms with E-state index in [9.17, 15) is 24.0 Å². The number of amides is 2. The van der Waals surface area contributed by atoms with Crippen LogP contribution in [-0.2, 0) is 4.79 Å². The van der Waals surface area contributed by atoms with Gasteiger partial charge in [0.25, 0.3) is 5.91 Å². The van der Waals surface area contributed by atoms with Gasteiger partial charge >= 0.3 is 0 Å². The van der Waals surface area contributed by atoms with E-state index < -0.39 is 17.2 Å². The second-order valence-electron chi connectivity index (χ2n) is 13.0. The normalized spacial score (nSPS) is 15.0. The van der Waals surface area contributed by atoms with Crippen molar-refractivity contribution in [1.29, 1.82) is 5.26 Å². The Hall–Kier alpha value is -5.83. The summed E-state index contributed by atoms with van der Waals surface area (Å²) in [5.74, 6) is -0.442. The molecule has 1 aliphatic carbocycles. The van der Waals surface area contributed by atoms with E-state index in [1.54, 1.807) is 16.7 Å². The third-order valence-corrected chi connectivity index (χ3v) is 9.44. The fourth-order valence-corrected chi connectivity index (χ4v) is 6.73. The molecule has 248 valence electrons. The van der Waals surface area contributed by atoms with Crippen LogP contribution in [0.25, 0.3) is 27.8 Å². The minimum atomic E-state index is -0.614. The molecule has 2 aliphatic rings. The molecule has 2 aromatic carbocycles. The molecule has 3 N–H and O–H groups in total. The number of piperidine rings is 1. The van der Waals surface area contributed by atoms with Crippen LogP contribution < -0.4 is 16.5 Å². The number of nitrogens with zero attached hydrogens (tertiary/aromatic N) is 6. The number of nitrogens with one attached hydrogen (secondary N) is 1. The molecular weight excluding hydrogens is 623 g/mol.